The van der Waals surface area contributed by atoms with Crippen LogP contribution in [-0.4, -0.2) is 32.1 Å². The molecule has 3 N–H and O–H groups in total. The monoisotopic (exact) mass is 271 g/mol. The van der Waals surface area contributed by atoms with Gasteiger partial charge in [0.15, 0.2) is 0 Å². The molecule has 0 saturated carbocycles. The molecule has 1 aromatic carbocycles. The summed E-state index contributed by atoms with van der Waals surface area (Å²) in [5.74, 6) is -1.84. The fourth-order valence-corrected chi connectivity index (χ4v) is 1.62. The highest BCUT2D eigenvalue weighted by atomic mass is 19.1. The van der Waals surface area contributed by atoms with Crippen molar-refractivity contribution < 1.29 is 13.5 Å². The number of halogens is 2. The minimum absolute atomic E-state index is 0.0329. The first kappa shape index (κ1) is 15.4. The number of amidine groups is 1. The van der Waals surface area contributed by atoms with Crippen LogP contribution in [0.1, 0.15) is 19.4 Å². The van der Waals surface area contributed by atoms with Gasteiger partial charge in [0.05, 0.1) is 12.7 Å². The van der Waals surface area contributed by atoms with Crippen molar-refractivity contribution in [3.8, 4) is 0 Å². The average Bonchev–Trinajstić information content (AvgIpc) is 2.27. The Kier molecular flexibility index (Phi) is 5.23. The molecule has 1 rings (SSSR count). The number of hydrogen-bond donors (Lipinski definition) is 2. The van der Waals surface area contributed by atoms with E-state index in [-0.39, 0.29) is 23.2 Å². The van der Waals surface area contributed by atoms with Gasteiger partial charge in [0.1, 0.15) is 23.2 Å². The van der Waals surface area contributed by atoms with E-state index in [1.54, 1.807) is 7.05 Å². The molecule has 1 aromatic rings. The topological polar surface area (TPSA) is 62.3 Å². The van der Waals surface area contributed by atoms with E-state index in [2.05, 4.69) is 0 Å². The normalized spacial score (nSPS) is 10.8. The third kappa shape index (κ3) is 4.17. The first-order valence-electron chi connectivity index (χ1n) is 5.99. The zero-order valence-electron chi connectivity index (χ0n) is 11.3. The van der Waals surface area contributed by atoms with E-state index in [4.69, 9.17) is 15.9 Å². The molecule has 0 amide bonds. The second-order valence-electron chi connectivity index (χ2n) is 4.54. The first-order valence-corrected chi connectivity index (χ1v) is 5.99. The average molecular weight is 271 g/mol. The van der Waals surface area contributed by atoms with E-state index >= 15 is 0 Å². The van der Waals surface area contributed by atoms with E-state index in [1.165, 1.54) is 4.90 Å². The summed E-state index contributed by atoms with van der Waals surface area (Å²) < 4.78 is 33.0. The standard InChI is InChI=1S/C13H19F2N3O/c1-8(2)19-5-4-18(3)12-10(14)6-9(13(16)17)7-11(12)15/h6-8H,4-5H2,1-3H3,(H3,16,17). The lowest BCUT2D eigenvalue weighted by molar-refractivity contribution is 0.0845. The van der Waals surface area contributed by atoms with Gasteiger partial charge in [-0.15, -0.1) is 0 Å². The molecule has 0 spiro atoms. The summed E-state index contributed by atoms with van der Waals surface area (Å²) in [6.45, 7) is 4.53. The van der Waals surface area contributed by atoms with Gasteiger partial charge in [0, 0.05) is 19.2 Å². The van der Waals surface area contributed by atoms with Gasteiger partial charge in [0.25, 0.3) is 0 Å². The number of ether oxygens (including phenoxy) is 1. The van der Waals surface area contributed by atoms with Crippen molar-refractivity contribution in [2.24, 2.45) is 5.73 Å². The lowest BCUT2D eigenvalue weighted by atomic mass is 10.1. The van der Waals surface area contributed by atoms with Gasteiger partial charge in [-0.3, -0.25) is 5.41 Å². The largest absolute Gasteiger partial charge is 0.384 e. The molecule has 0 radical (unpaired) electrons. The Labute approximate surface area is 111 Å². The number of nitrogens with zero attached hydrogens (tertiary/aromatic N) is 1. The third-order valence-corrected chi connectivity index (χ3v) is 2.59. The molecule has 0 bridgehead atoms. The molecule has 0 saturated heterocycles. The predicted molar refractivity (Wildman–Crippen MR) is 71.7 cm³/mol. The molecule has 6 heteroatoms. The van der Waals surface area contributed by atoms with E-state index in [0.29, 0.717) is 13.2 Å². The van der Waals surface area contributed by atoms with Gasteiger partial charge in [-0.25, -0.2) is 8.78 Å². The second-order valence-corrected chi connectivity index (χ2v) is 4.54. The van der Waals surface area contributed by atoms with Crippen molar-refractivity contribution in [3.63, 3.8) is 0 Å². The van der Waals surface area contributed by atoms with E-state index < -0.39 is 11.6 Å². The molecule has 4 nitrogen and oxygen atoms in total. The van der Waals surface area contributed by atoms with Gasteiger partial charge in [-0.2, -0.15) is 0 Å². The molecule has 0 atom stereocenters. The summed E-state index contributed by atoms with van der Waals surface area (Å²) in [6.07, 6.45) is 0.0724. The lowest BCUT2D eigenvalue weighted by Gasteiger charge is -2.21. The van der Waals surface area contributed by atoms with Crippen molar-refractivity contribution in [1.29, 1.82) is 5.41 Å². The maximum atomic E-state index is 13.8. The Hall–Kier alpha value is -1.69. The number of likely N-dealkylation sites (N-methyl/N-ethyl adjacent to an activating group) is 1. The maximum Gasteiger partial charge on any atom is 0.150 e. The van der Waals surface area contributed by atoms with Crippen LogP contribution in [0.2, 0.25) is 0 Å². The van der Waals surface area contributed by atoms with Crippen LogP contribution in [0.15, 0.2) is 12.1 Å². The fraction of sp³-hybridized carbons (Fsp3) is 0.462. The molecule has 0 aliphatic heterocycles. The summed E-state index contributed by atoms with van der Waals surface area (Å²) in [7, 11) is 1.58. The Morgan fingerprint density at radius 1 is 1.37 bits per heavy atom. The quantitative estimate of drug-likeness (QED) is 0.615. The lowest BCUT2D eigenvalue weighted by Crippen LogP contribution is -2.26. The number of benzene rings is 1. The Morgan fingerprint density at radius 3 is 2.32 bits per heavy atom. The van der Waals surface area contributed by atoms with Crippen LogP contribution in [0.4, 0.5) is 14.5 Å². The van der Waals surface area contributed by atoms with E-state index in [9.17, 15) is 8.78 Å². The van der Waals surface area contributed by atoms with Crippen LogP contribution >= 0.6 is 0 Å². The summed E-state index contributed by atoms with van der Waals surface area (Å²) in [5.41, 5.74) is 5.10. The van der Waals surface area contributed by atoms with Crippen molar-refractivity contribution >= 4 is 11.5 Å². The van der Waals surface area contributed by atoms with E-state index in [1.807, 2.05) is 13.8 Å². The molecular weight excluding hydrogens is 252 g/mol. The van der Waals surface area contributed by atoms with Crippen molar-refractivity contribution in [1.82, 2.24) is 0 Å². The van der Waals surface area contributed by atoms with E-state index in [0.717, 1.165) is 12.1 Å². The highest BCUT2D eigenvalue weighted by Gasteiger charge is 2.16. The number of nitrogen functional groups attached to an aromatic ring is 1. The predicted octanol–water partition coefficient (Wildman–Crippen LogP) is 2.11. The van der Waals surface area contributed by atoms with Gasteiger partial charge >= 0.3 is 0 Å². The minimum Gasteiger partial charge on any atom is -0.384 e. The van der Waals surface area contributed by atoms with Crippen LogP contribution in [0, 0.1) is 17.0 Å². The molecule has 0 aliphatic carbocycles. The molecule has 106 valence electrons. The molecule has 19 heavy (non-hydrogen) atoms. The van der Waals surface area contributed by atoms with Gasteiger partial charge in [-0.1, -0.05) is 0 Å². The summed E-state index contributed by atoms with van der Waals surface area (Å²) >= 11 is 0. The third-order valence-electron chi connectivity index (χ3n) is 2.59. The zero-order chi connectivity index (χ0) is 14.6. The number of nitrogens with two attached hydrogens (primary N) is 1. The molecule has 0 fully saturated rings. The zero-order valence-corrected chi connectivity index (χ0v) is 11.3. The molecule has 0 aliphatic rings. The van der Waals surface area contributed by atoms with Crippen LogP contribution in [0.3, 0.4) is 0 Å². The number of nitrogens with one attached hydrogen (secondary N) is 1. The number of anilines is 1. The van der Waals surface area contributed by atoms with Crippen LogP contribution in [0.5, 0.6) is 0 Å². The summed E-state index contributed by atoms with van der Waals surface area (Å²) in [4.78, 5) is 1.44. The maximum absolute atomic E-state index is 13.8. The molecule has 0 aromatic heterocycles. The molecular formula is C13H19F2N3O. The summed E-state index contributed by atoms with van der Waals surface area (Å²) in [5, 5.41) is 7.18. The molecule has 0 heterocycles. The van der Waals surface area contributed by atoms with Crippen molar-refractivity contribution in [3.05, 3.63) is 29.3 Å². The fourth-order valence-electron chi connectivity index (χ4n) is 1.62. The van der Waals surface area contributed by atoms with Crippen LogP contribution < -0.4 is 10.6 Å². The smallest absolute Gasteiger partial charge is 0.150 e. The van der Waals surface area contributed by atoms with Crippen molar-refractivity contribution in [2.75, 3.05) is 25.1 Å². The molecule has 0 unspecified atom stereocenters. The van der Waals surface area contributed by atoms with Gasteiger partial charge in [-0.05, 0) is 26.0 Å². The highest BCUT2D eigenvalue weighted by molar-refractivity contribution is 5.95. The van der Waals surface area contributed by atoms with Gasteiger partial charge < -0.3 is 15.4 Å². The van der Waals surface area contributed by atoms with Crippen molar-refractivity contribution in [2.45, 2.75) is 20.0 Å². The van der Waals surface area contributed by atoms with Crippen LogP contribution in [-0.2, 0) is 4.74 Å². The Bertz CT molecular complexity index is 440. The Balaban J connectivity index is 2.85. The Morgan fingerprint density at radius 2 is 1.89 bits per heavy atom. The minimum atomic E-state index is -0.739. The summed E-state index contributed by atoms with van der Waals surface area (Å²) in [6, 6.07) is 2.11. The van der Waals surface area contributed by atoms with Crippen LogP contribution in [0.25, 0.3) is 0 Å². The SMILES string of the molecule is CC(C)OCCN(C)c1c(F)cc(C(=N)N)cc1F. The first-order chi connectivity index (χ1) is 8.82. The second kappa shape index (κ2) is 6.47. The highest BCUT2D eigenvalue weighted by Crippen LogP contribution is 2.23. The number of hydrogen-bond acceptors (Lipinski definition) is 3. The number of rotatable bonds is 6. The van der Waals surface area contributed by atoms with Gasteiger partial charge in [0.2, 0.25) is 0 Å².